The summed E-state index contributed by atoms with van der Waals surface area (Å²) in [5.74, 6) is 1.64. The highest BCUT2D eigenvalue weighted by Gasteiger charge is 2.24. The summed E-state index contributed by atoms with van der Waals surface area (Å²) in [5.41, 5.74) is 12.0. The van der Waals surface area contributed by atoms with Crippen molar-refractivity contribution in [2.75, 3.05) is 19.6 Å². The van der Waals surface area contributed by atoms with Crippen molar-refractivity contribution in [3.05, 3.63) is 47.0 Å². The number of nitrogens with zero attached hydrogens (tertiary/aromatic N) is 1. The predicted molar refractivity (Wildman–Crippen MR) is 87.5 cm³/mol. The Morgan fingerprint density at radius 3 is 2.79 bits per heavy atom. The fourth-order valence-corrected chi connectivity index (χ4v) is 2.82. The molecule has 2 aliphatic heterocycles. The molecule has 2 aromatic rings. The van der Waals surface area contributed by atoms with E-state index >= 15 is 0 Å². The van der Waals surface area contributed by atoms with Crippen molar-refractivity contribution >= 4 is 17.3 Å². The van der Waals surface area contributed by atoms with Crippen molar-refractivity contribution in [3.63, 3.8) is 0 Å². The summed E-state index contributed by atoms with van der Waals surface area (Å²) in [5, 5.41) is 4.27. The van der Waals surface area contributed by atoms with Crippen molar-refractivity contribution in [3.8, 4) is 17.2 Å². The zero-order valence-electron chi connectivity index (χ0n) is 13.0. The lowest BCUT2D eigenvalue weighted by molar-refractivity contribution is -0.120. The van der Waals surface area contributed by atoms with Gasteiger partial charge in [0, 0.05) is 11.1 Å². The molecule has 0 atom stereocenters. The van der Waals surface area contributed by atoms with E-state index in [1.54, 1.807) is 19.2 Å². The summed E-state index contributed by atoms with van der Waals surface area (Å²) in [7, 11) is 1.55. The van der Waals surface area contributed by atoms with Gasteiger partial charge in [0.15, 0.2) is 11.5 Å². The van der Waals surface area contributed by atoms with Crippen molar-refractivity contribution in [1.29, 1.82) is 0 Å². The van der Waals surface area contributed by atoms with Crippen LogP contribution in [0, 0.1) is 0 Å². The molecule has 122 valence electrons. The maximum Gasteiger partial charge on any atom is 0.244 e. The van der Waals surface area contributed by atoms with E-state index in [2.05, 4.69) is 10.5 Å². The smallest absolute Gasteiger partial charge is 0.244 e. The van der Waals surface area contributed by atoms with Gasteiger partial charge in [-0.3, -0.25) is 4.79 Å². The molecule has 2 aliphatic rings. The number of carbonyl (C=O) groups excluding carboxylic acids is 1. The molecular formula is C17H15N3O4. The number of ether oxygens (including phenoxy) is 3. The van der Waals surface area contributed by atoms with Gasteiger partial charge in [0.2, 0.25) is 12.7 Å². The number of nitrogens with one attached hydrogen (secondary N) is 1. The number of carbonyl (C=O) groups is 1. The molecule has 0 saturated heterocycles. The van der Waals surface area contributed by atoms with Crippen LogP contribution in [0.1, 0.15) is 16.7 Å². The number of amides is 1. The summed E-state index contributed by atoms with van der Waals surface area (Å²) in [4.78, 5) is 12.0. The first kappa shape index (κ1) is 14.4. The summed E-state index contributed by atoms with van der Waals surface area (Å²) in [6, 6.07) is 9.05. The van der Waals surface area contributed by atoms with Crippen LogP contribution in [0.15, 0.2) is 35.4 Å². The second-order valence-corrected chi connectivity index (χ2v) is 5.49. The van der Waals surface area contributed by atoms with E-state index in [0.29, 0.717) is 28.6 Å². The minimum atomic E-state index is -0.187. The van der Waals surface area contributed by atoms with E-state index in [0.717, 1.165) is 16.7 Å². The lowest BCUT2D eigenvalue weighted by Crippen LogP contribution is -2.18. The van der Waals surface area contributed by atoms with Gasteiger partial charge in [-0.15, -0.1) is 0 Å². The molecule has 0 aromatic heterocycles. The molecule has 0 unspecified atom stereocenters. The Morgan fingerprint density at radius 2 is 2.00 bits per heavy atom. The Bertz CT molecular complexity index is 876. The van der Waals surface area contributed by atoms with E-state index in [1.165, 1.54) is 0 Å². The highest BCUT2D eigenvalue weighted by molar-refractivity contribution is 6.15. The minimum absolute atomic E-state index is 0.173. The van der Waals surface area contributed by atoms with Crippen LogP contribution in [0.3, 0.4) is 0 Å². The summed E-state index contributed by atoms with van der Waals surface area (Å²) < 4.78 is 16.1. The van der Waals surface area contributed by atoms with Crippen LogP contribution in [0.5, 0.6) is 17.2 Å². The van der Waals surface area contributed by atoms with Gasteiger partial charge in [0.25, 0.3) is 0 Å². The fourth-order valence-electron chi connectivity index (χ4n) is 2.82. The molecule has 0 radical (unpaired) electrons. The zero-order chi connectivity index (χ0) is 16.7. The van der Waals surface area contributed by atoms with Crippen LogP contribution in [0.2, 0.25) is 0 Å². The fraction of sp³-hybridized carbons (Fsp3) is 0.176. The first-order chi connectivity index (χ1) is 11.7. The zero-order valence-corrected chi connectivity index (χ0v) is 13.0. The van der Waals surface area contributed by atoms with E-state index in [9.17, 15) is 4.79 Å². The van der Waals surface area contributed by atoms with Crippen molar-refractivity contribution in [1.82, 2.24) is 5.43 Å². The number of hydrogen-bond donors (Lipinski definition) is 2. The third-order valence-corrected chi connectivity index (χ3v) is 4.00. The van der Waals surface area contributed by atoms with Crippen LogP contribution in [-0.2, 0) is 11.2 Å². The molecule has 1 amide bonds. The van der Waals surface area contributed by atoms with Gasteiger partial charge in [-0.2, -0.15) is 5.10 Å². The van der Waals surface area contributed by atoms with Crippen LogP contribution >= 0.6 is 0 Å². The number of hydrazone groups is 1. The Hall–Kier alpha value is -3.22. The maximum absolute atomic E-state index is 12.0. The topological polar surface area (TPSA) is 95.2 Å². The number of nitrogen functional groups attached to an aromatic ring is 1. The molecule has 4 rings (SSSR count). The van der Waals surface area contributed by atoms with E-state index < -0.39 is 0 Å². The van der Waals surface area contributed by atoms with Gasteiger partial charge in [-0.05, 0) is 29.8 Å². The van der Waals surface area contributed by atoms with Crippen LogP contribution in [-0.4, -0.2) is 25.5 Å². The maximum atomic E-state index is 12.0. The number of hydrogen-bond acceptors (Lipinski definition) is 6. The molecule has 0 spiro atoms. The highest BCUT2D eigenvalue weighted by atomic mass is 16.7. The Kier molecular flexibility index (Phi) is 3.26. The number of rotatable bonds is 2. The molecule has 0 fully saturated rings. The number of benzene rings is 2. The Morgan fingerprint density at radius 1 is 1.21 bits per heavy atom. The standard InChI is InChI=1S/C17H15N3O4/c1-22-13-4-9(2-3-12(13)18)17-11-7-15-14(23-8-24-15)5-10(11)6-16(21)19-20-17/h2-5,7H,6,8,18H2,1H3,(H,19,21). The molecule has 2 aromatic carbocycles. The van der Waals surface area contributed by atoms with Crippen molar-refractivity contribution in [2.24, 2.45) is 5.10 Å². The number of anilines is 1. The predicted octanol–water partition coefficient (Wildman–Crippen LogP) is 1.43. The van der Waals surface area contributed by atoms with Crippen molar-refractivity contribution < 1.29 is 19.0 Å². The monoisotopic (exact) mass is 325 g/mol. The molecule has 3 N–H and O–H groups in total. The average molecular weight is 325 g/mol. The van der Waals surface area contributed by atoms with Gasteiger partial charge in [-0.1, -0.05) is 6.07 Å². The minimum Gasteiger partial charge on any atom is -0.495 e. The van der Waals surface area contributed by atoms with Crippen LogP contribution < -0.4 is 25.4 Å². The van der Waals surface area contributed by atoms with Gasteiger partial charge < -0.3 is 19.9 Å². The third kappa shape index (κ3) is 2.30. The quantitative estimate of drug-likeness (QED) is 0.815. The van der Waals surface area contributed by atoms with E-state index in [1.807, 2.05) is 18.2 Å². The summed E-state index contributed by atoms with van der Waals surface area (Å²) in [6.07, 6.45) is 0.213. The molecule has 0 aliphatic carbocycles. The van der Waals surface area contributed by atoms with Gasteiger partial charge >= 0.3 is 0 Å². The number of fused-ring (bicyclic) bond motifs is 2. The molecular weight excluding hydrogens is 310 g/mol. The van der Waals surface area contributed by atoms with Gasteiger partial charge in [0.05, 0.1) is 24.9 Å². The molecule has 24 heavy (non-hydrogen) atoms. The SMILES string of the molecule is COc1cc(C2=NNC(=O)Cc3cc4c(cc32)OCO4)ccc1N. The van der Waals surface area contributed by atoms with E-state index in [4.69, 9.17) is 19.9 Å². The lowest BCUT2D eigenvalue weighted by atomic mass is 9.95. The largest absolute Gasteiger partial charge is 0.495 e. The second-order valence-electron chi connectivity index (χ2n) is 5.49. The average Bonchev–Trinajstić information content (AvgIpc) is 2.96. The van der Waals surface area contributed by atoms with Gasteiger partial charge in [-0.25, -0.2) is 5.43 Å². The third-order valence-electron chi connectivity index (χ3n) is 4.00. The normalized spacial score (nSPS) is 15.2. The second kappa shape index (κ2) is 5.45. The Labute approximate surface area is 138 Å². The summed E-state index contributed by atoms with van der Waals surface area (Å²) in [6.45, 7) is 0.173. The molecule has 0 saturated carbocycles. The highest BCUT2D eigenvalue weighted by Crippen LogP contribution is 2.37. The number of methoxy groups -OCH3 is 1. The van der Waals surface area contributed by atoms with Gasteiger partial charge in [0.1, 0.15) is 5.75 Å². The molecule has 2 heterocycles. The van der Waals surface area contributed by atoms with Crippen molar-refractivity contribution in [2.45, 2.75) is 6.42 Å². The van der Waals surface area contributed by atoms with Crippen LogP contribution in [0.25, 0.3) is 0 Å². The lowest BCUT2D eigenvalue weighted by Gasteiger charge is -2.12. The first-order valence-corrected chi connectivity index (χ1v) is 7.39. The Balaban J connectivity index is 1.88. The van der Waals surface area contributed by atoms with Crippen LogP contribution in [0.4, 0.5) is 5.69 Å². The number of nitrogens with two attached hydrogens (primary N) is 1. The van der Waals surface area contributed by atoms with E-state index in [-0.39, 0.29) is 19.1 Å². The first-order valence-electron chi connectivity index (χ1n) is 7.39. The summed E-state index contributed by atoms with van der Waals surface area (Å²) >= 11 is 0. The molecule has 7 heteroatoms. The molecule has 0 bridgehead atoms. The molecule has 7 nitrogen and oxygen atoms in total.